The van der Waals surface area contributed by atoms with Gasteiger partial charge < -0.3 is 9.84 Å². The quantitative estimate of drug-likeness (QED) is 0.454. The molecule has 0 unspecified atom stereocenters. The molecule has 0 heterocycles. The molecule has 0 saturated heterocycles. The lowest BCUT2D eigenvalue weighted by molar-refractivity contribution is -0.134. The molecule has 1 aromatic rings. The highest BCUT2D eigenvalue weighted by Gasteiger charge is 2.04. The fourth-order valence-corrected chi connectivity index (χ4v) is 1.10. The number of phenolic OH excluding ortho intramolecular Hbond substituents is 1. The Bertz CT molecular complexity index is 383. The molecule has 0 amide bonds. The zero-order valence-corrected chi connectivity index (χ0v) is 9.06. The number of ether oxygens (including phenoxy) is 1. The third kappa shape index (κ3) is 3.29. The van der Waals surface area contributed by atoms with Gasteiger partial charge in [0.25, 0.3) is 0 Å². The molecule has 0 spiro atoms. The Morgan fingerprint density at radius 1 is 1.31 bits per heavy atom. The Morgan fingerprint density at radius 3 is 2.44 bits per heavy atom. The summed E-state index contributed by atoms with van der Waals surface area (Å²) in [6.45, 7) is 0. The molecule has 5 nitrogen and oxygen atoms in total. The molecule has 0 aliphatic rings. The summed E-state index contributed by atoms with van der Waals surface area (Å²) in [4.78, 5) is 15.8. The van der Waals surface area contributed by atoms with Crippen LogP contribution in [0.2, 0.25) is 0 Å². The van der Waals surface area contributed by atoms with Crippen molar-refractivity contribution in [1.82, 2.24) is 5.48 Å². The van der Waals surface area contributed by atoms with E-state index < -0.39 is 5.97 Å². The van der Waals surface area contributed by atoms with Crippen LogP contribution in [0.5, 0.6) is 5.75 Å². The van der Waals surface area contributed by atoms with Crippen LogP contribution in [-0.4, -0.2) is 25.3 Å². The summed E-state index contributed by atoms with van der Waals surface area (Å²) < 4.78 is 4.51. The van der Waals surface area contributed by atoms with Crippen molar-refractivity contribution in [1.29, 1.82) is 0 Å². The van der Waals surface area contributed by atoms with Gasteiger partial charge in [0, 0.05) is 11.6 Å². The SMILES string of the molecule is CONC(=CC(=O)OC)c1ccc(O)cc1. The predicted molar refractivity (Wildman–Crippen MR) is 58.2 cm³/mol. The Kier molecular flexibility index (Phi) is 4.35. The second-order valence-corrected chi connectivity index (χ2v) is 2.93. The molecule has 86 valence electrons. The molecule has 0 radical (unpaired) electrons. The first-order valence-corrected chi connectivity index (χ1v) is 4.55. The lowest BCUT2D eigenvalue weighted by atomic mass is 10.1. The maximum atomic E-state index is 11.1. The average molecular weight is 223 g/mol. The van der Waals surface area contributed by atoms with E-state index in [2.05, 4.69) is 10.2 Å². The van der Waals surface area contributed by atoms with Gasteiger partial charge in [-0.15, -0.1) is 0 Å². The molecule has 0 aliphatic carbocycles. The van der Waals surface area contributed by atoms with Gasteiger partial charge in [0.15, 0.2) is 0 Å². The van der Waals surface area contributed by atoms with Crippen LogP contribution < -0.4 is 5.48 Å². The number of methoxy groups -OCH3 is 1. The van der Waals surface area contributed by atoms with Crippen molar-refractivity contribution < 1.29 is 19.5 Å². The van der Waals surface area contributed by atoms with E-state index in [9.17, 15) is 4.79 Å². The molecule has 0 aromatic heterocycles. The summed E-state index contributed by atoms with van der Waals surface area (Å²) in [7, 11) is 2.73. The number of phenols is 1. The minimum Gasteiger partial charge on any atom is -0.508 e. The Morgan fingerprint density at radius 2 is 1.94 bits per heavy atom. The van der Waals surface area contributed by atoms with Crippen LogP contribution in [0.15, 0.2) is 30.3 Å². The largest absolute Gasteiger partial charge is 0.508 e. The number of carbonyl (C=O) groups excluding carboxylic acids is 1. The van der Waals surface area contributed by atoms with E-state index in [0.717, 1.165) is 0 Å². The maximum absolute atomic E-state index is 11.1. The number of esters is 1. The number of hydroxylamine groups is 1. The Balaban J connectivity index is 2.97. The summed E-state index contributed by atoms with van der Waals surface area (Å²) in [6, 6.07) is 6.32. The number of nitrogens with one attached hydrogen (secondary N) is 1. The molecule has 5 heteroatoms. The van der Waals surface area contributed by atoms with E-state index >= 15 is 0 Å². The van der Waals surface area contributed by atoms with E-state index in [4.69, 9.17) is 9.94 Å². The molecular weight excluding hydrogens is 210 g/mol. The van der Waals surface area contributed by atoms with Gasteiger partial charge in [-0.05, 0) is 24.3 Å². The van der Waals surface area contributed by atoms with Gasteiger partial charge in [-0.3, -0.25) is 10.3 Å². The molecular formula is C11H13NO4. The van der Waals surface area contributed by atoms with E-state index in [0.29, 0.717) is 11.3 Å². The zero-order chi connectivity index (χ0) is 12.0. The van der Waals surface area contributed by atoms with Crippen molar-refractivity contribution in [2.45, 2.75) is 0 Å². The van der Waals surface area contributed by atoms with Gasteiger partial charge >= 0.3 is 5.97 Å². The van der Waals surface area contributed by atoms with E-state index in [1.165, 1.54) is 32.4 Å². The monoisotopic (exact) mass is 223 g/mol. The fraction of sp³-hybridized carbons (Fsp3) is 0.182. The first-order chi connectivity index (χ1) is 7.67. The highest BCUT2D eigenvalue weighted by atomic mass is 16.6. The van der Waals surface area contributed by atoms with Crippen molar-refractivity contribution in [2.75, 3.05) is 14.2 Å². The molecule has 1 aromatic carbocycles. The number of aromatic hydroxyl groups is 1. The first kappa shape index (κ1) is 12.1. The zero-order valence-electron chi connectivity index (χ0n) is 9.06. The lowest BCUT2D eigenvalue weighted by Gasteiger charge is -2.08. The Labute approximate surface area is 93.3 Å². The second kappa shape index (κ2) is 5.77. The van der Waals surface area contributed by atoms with Crippen LogP contribution in [0, 0.1) is 0 Å². The normalized spacial score (nSPS) is 11.0. The molecule has 0 atom stereocenters. The topological polar surface area (TPSA) is 67.8 Å². The highest BCUT2D eigenvalue weighted by Crippen LogP contribution is 2.15. The van der Waals surface area contributed by atoms with E-state index in [1.807, 2.05) is 0 Å². The van der Waals surface area contributed by atoms with Gasteiger partial charge in [-0.1, -0.05) is 0 Å². The number of carbonyl (C=O) groups is 1. The van der Waals surface area contributed by atoms with Crippen LogP contribution >= 0.6 is 0 Å². The third-order valence-electron chi connectivity index (χ3n) is 1.85. The molecule has 16 heavy (non-hydrogen) atoms. The summed E-state index contributed by atoms with van der Waals surface area (Å²) in [6.07, 6.45) is 1.26. The lowest BCUT2D eigenvalue weighted by Crippen LogP contribution is -2.12. The number of benzene rings is 1. The summed E-state index contributed by atoms with van der Waals surface area (Å²) in [5.41, 5.74) is 3.71. The van der Waals surface area contributed by atoms with Gasteiger partial charge in [0.1, 0.15) is 5.75 Å². The van der Waals surface area contributed by atoms with Crippen molar-refractivity contribution in [2.24, 2.45) is 0 Å². The van der Waals surface area contributed by atoms with E-state index in [1.54, 1.807) is 12.1 Å². The summed E-state index contributed by atoms with van der Waals surface area (Å²) >= 11 is 0. The predicted octanol–water partition coefficient (Wildman–Crippen LogP) is 1.06. The van der Waals surface area contributed by atoms with Gasteiger partial charge in [-0.2, -0.15) is 0 Å². The molecule has 2 N–H and O–H groups in total. The van der Waals surface area contributed by atoms with Crippen LogP contribution in [-0.2, 0) is 14.4 Å². The maximum Gasteiger partial charge on any atom is 0.332 e. The molecule has 0 saturated carbocycles. The van der Waals surface area contributed by atoms with Crippen molar-refractivity contribution in [3.8, 4) is 5.75 Å². The third-order valence-corrected chi connectivity index (χ3v) is 1.85. The fourth-order valence-electron chi connectivity index (χ4n) is 1.10. The van der Waals surface area contributed by atoms with Crippen molar-refractivity contribution in [3.05, 3.63) is 35.9 Å². The van der Waals surface area contributed by atoms with Crippen LogP contribution in [0.1, 0.15) is 5.56 Å². The summed E-state index contributed by atoms with van der Waals surface area (Å²) in [5.74, 6) is -0.341. The smallest absolute Gasteiger partial charge is 0.332 e. The number of hydrogen-bond acceptors (Lipinski definition) is 5. The van der Waals surface area contributed by atoms with Crippen molar-refractivity contribution >= 4 is 11.7 Å². The molecule has 1 rings (SSSR count). The minimum absolute atomic E-state index is 0.151. The molecule has 0 bridgehead atoms. The van der Waals surface area contributed by atoms with Crippen LogP contribution in [0.25, 0.3) is 5.70 Å². The summed E-state index contributed by atoms with van der Waals surface area (Å²) in [5, 5.41) is 9.13. The van der Waals surface area contributed by atoms with E-state index in [-0.39, 0.29) is 5.75 Å². The van der Waals surface area contributed by atoms with Gasteiger partial charge in [-0.25, -0.2) is 4.79 Å². The van der Waals surface area contributed by atoms with Crippen LogP contribution in [0.3, 0.4) is 0 Å². The average Bonchev–Trinajstić information content (AvgIpc) is 2.29. The highest BCUT2D eigenvalue weighted by molar-refractivity contribution is 5.90. The number of hydrogen-bond donors (Lipinski definition) is 2. The Hall–Kier alpha value is -2.01. The van der Waals surface area contributed by atoms with Crippen molar-refractivity contribution in [3.63, 3.8) is 0 Å². The van der Waals surface area contributed by atoms with Gasteiger partial charge in [0.05, 0.1) is 19.9 Å². The first-order valence-electron chi connectivity index (χ1n) is 4.55. The number of rotatable bonds is 4. The van der Waals surface area contributed by atoms with Gasteiger partial charge in [0.2, 0.25) is 0 Å². The molecule has 0 fully saturated rings. The molecule has 0 aliphatic heterocycles. The van der Waals surface area contributed by atoms with Crippen LogP contribution in [0.4, 0.5) is 0 Å². The second-order valence-electron chi connectivity index (χ2n) is 2.93. The standard InChI is InChI=1S/C11H13NO4/c1-15-11(14)7-10(12-16-2)8-3-5-9(13)6-4-8/h3-7,12-13H,1-2H3. The minimum atomic E-state index is -0.493.